The lowest BCUT2D eigenvalue weighted by molar-refractivity contribution is -0.121. The number of anilines is 1. The lowest BCUT2D eigenvalue weighted by Crippen LogP contribution is -2.43. The summed E-state index contributed by atoms with van der Waals surface area (Å²) in [4.78, 5) is 35.3. The monoisotopic (exact) mass is 294 g/mol. The fourth-order valence-electron chi connectivity index (χ4n) is 1.89. The van der Waals surface area contributed by atoms with Crippen molar-refractivity contribution in [1.82, 2.24) is 4.90 Å². The highest BCUT2D eigenvalue weighted by atomic mass is 16.7. The number of hydrogen-bond acceptors (Lipinski definition) is 6. The SMILES string of the molecule is NC(=O)CN(CC(N)=O)C(=O)c1cc2c(cc1N)OCO2. The van der Waals surface area contributed by atoms with Crippen LogP contribution in [0, 0.1) is 0 Å². The van der Waals surface area contributed by atoms with Crippen LogP contribution in [0.3, 0.4) is 0 Å². The zero-order valence-electron chi connectivity index (χ0n) is 11.0. The molecule has 2 rings (SSSR count). The number of benzene rings is 1. The van der Waals surface area contributed by atoms with E-state index in [-0.39, 0.29) is 18.0 Å². The van der Waals surface area contributed by atoms with E-state index in [9.17, 15) is 14.4 Å². The van der Waals surface area contributed by atoms with Gasteiger partial charge in [0.1, 0.15) is 13.1 Å². The fourth-order valence-corrected chi connectivity index (χ4v) is 1.89. The Bertz CT molecular complexity index is 600. The topological polar surface area (TPSA) is 151 Å². The van der Waals surface area contributed by atoms with E-state index < -0.39 is 30.8 Å². The Morgan fingerprint density at radius 2 is 1.57 bits per heavy atom. The van der Waals surface area contributed by atoms with Gasteiger partial charge in [0.05, 0.1) is 5.56 Å². The Labute approximate surface area is 119 Å². The molecule has 9 nitrogen and oxygen atoms in total. The van der Waals surface area contributed by atoms with Gasteiger partial charge in [0, 0.05) is 11.8 Å². The van der Waals surface area contributed by atoms with Gasteiger partial charge in [-0.2, -0.15) is 0 Å². The number of primary amides is 2. The van der Waals surface area contributed by atoms with E-state index in [0.29, 0.717) is 11.5 Å². The van der Waals surface area contributed by atoms with Gasteiger partial charge < -0.3 is 31.6 Å². The van der Waals surface area contributed by atoms with Crippen molar-refractivity contribution >= 4 is 23.4 Å². The van der Waals surface area contributed by atoms with Gasteiger partial charge in [-0.1, -0.05) is 0 Å². The number of carbonyl (C=O) groups is 3. The van der Waals surface area contributed by atoms with Crippen LogP contribution < -0.4 is 26.7 Å². The second kappa shape index (κ2) is 5.57. The number of carbonyl (C=O) groups excluding carboxylic acids is 3. The lowest BCUT2D eigenvalue weighted by atomic mass is 10.1. The highest BCUT2D eigenvalue weighted by Gasteiger charge is 2.25. The Morgan fingerprint density at radius 3 is 2.10 bits per heavy atom. The molecule has 0 radical (unpaired) electrons. The molecule has 21 heavy (non-hydrogen) atoms. The summed E-state index contributed by atoms with van der Waals surface area (Å²) in [6.45, 7) is -0.871. The highest BCUT2D eigenvalue weighted by molar-refractivity contribution is 6.02. The van der Waals surface area contributed by atoms with Gasteiger partial charge in [-0.15, -0.1) is 0 Å². The molecule has 1 aromatic carbocycles. The van der Waals surface area contributed by atoms with Gasteiger partial charge in [0.25, 0.3) is 5.91 Å². The number of amides is 3. The van der Waals surface area contributed by atoms with E-state index in [0.717, 1.165) is 4.90 Å². The Morgan fingerprint density at radius 1 is 1.05 bits per heavy atom. The number of rotatable bonds is 5. The number of nitrogens with zero attached hydrogens (tertiary/aromatic N) is 1. The number of nitrogens with two attached hydrogens (primary N) is 3. The molecule has 9 heteroatoms. The van der Waals surface area contributed by atoms with E-state index in [1.165, 1.54) is 12.1 Å². The van der Waals surface area contributed by atoms with Crippen molar-refractivity contribution in [3.63, 3.8) is 0 Å². The molecule has 112 valence electrons. The number of fused-ring (bicyclic) bond motifs is 1. The van der Waals surface area contributed by atoms with Gasteiger partial charge in [-0.3, -0.25) is 14.4 Å². The zero-order chi connectivity index (χ0) is 15.6. The fraction of sp³-hybridized carbons (Fsp3) is 0.250. The maximum Gasteiger partial charge on any atom is 0.257 e. The van der Waals surface area contributed by atoms with Gasteiger partial charge in [0.2, 0.25) is 18.6 Å². The van der Waals surface area contributed by atoms with Crippen LogP contribution in [0.15, 0.2) is 12.1 Å². The van der Waals surface area contributed by atoms with Crippen LogP contribution in [0.25, 0.3) is 0 Å². The molecule has 1 aliphatic heterocycles. The summed E-state index contributed by atoms with van der Waals surface area (Å²) in [5.41, 5.74) is 16.1. The molecule has 1 heterocycles. The molecule has 0 saturated heterocycles. The third-order valence-electron chi connectivity index (χ3n) is 2.76. The van der Waals surface area contributed by atoms with Crippen LogP contribution in [0.4, 0.5) is 5.69 Å². The van der Waals surface area contributed by atoms with Crippen molar-refractivity contribution in [3.8, 4) is 11.5 Å². The minimum absolute atomic E-state index is 0.0265. The molecule has 0 aromatic heterocycles. The molecule has 6 N–H and O–H groups in total. The summed E-state index contributed by atoms with van der Waals surface area (Å²) in [7, 11) is 0. The summed E-state index contributed by atoms with van der Waals surface area (Å²) in [6, 6.07) is 2.82. The molecule has 3 amide bonds. The highest BCUT2D eigenvalue weighted by Crippen LogP contribution is 2.36. The van der Waals surface area contributed by atoms with Crippen LogP contribution in [0.5, 0.6) is 11.5 Å². The van der Waals surface area contributed by atoms with Crippen LogP contribution in [0.2, 0.25) is 0 Å². The van der Waals surface area contributed by atoms with E-state index in [1.807, 2.05) is 0 Å². The Kier molecular flexibility index (Phi) is 3.83. The molecule has 0 saturated carbocycles. The molecular weight excluding hydrogens is 280 g/mol. The third-order valence-corrected chi connectivity index (χ3v) is 2.76. The first-order valence-electron chi connectivity index (χ1n) is 5.93. The van der Waals surface area contributed by atoms with Gasteiger partial charge >= 0.3 is 0 Å². The average Bonchev–Trinajstić information content (AvgIpc) is 2.82. The summed E-state index contributed by atoms with van der Waals surface area (Å²) in [5.74, 6) is -1.43. The number of ether oxygens (including phenoxy) is 2. The molecule has 1 aliphatic rings. The summed E-state index contributed by atoms with van der Waals surface area (Å²) >= 11 is 0. The van der Waals surface area contributed by atoms with Gasteiger partial charge in [0.15, 0.2) is 11.5 Å². The van der Waals surface area contributed by atoms with Gasteiger partial charge in [-0.25, -0.2) is 0 Å². The van der Waals surface area contributed by atoms with Crippen molar-refractivity contribution in [2.45, 2.75) is 0 Å². The lowest BCUT2D eigenvalue weighted by Gasteiger charge is -2.20. The quantitative estimate of drug-likeness (QED) is 0.557. The minimum atomic E-state index is -0.774. The third kappa shape index (κ3) is 3.14. The molecule has 0 unspecified atom stereocenters. The van der Waals surface area contributed by atoms with Crippen molar-refractivity contribution < 1.29 is 23.9 Å². The molecule has 0 bridgehead atoms. The Hall–Kier alpha value is -2.97. The first-order valence-corrected chi connectivity index (χ1v) is 5.93. The van der Waals surface area contributed by atoms with Crippen molar-refractivity contribution in [1.29, 1.82) is 0 Å². The standard InChI is InChI=1S/C12H14N4O5/c13-7-2-9-8(20-5-21-9)1-6(7)12(19)16(3-10(14)17)4-11(15)18/h1-2H,3-5,13H2,(H2,14,17)(H2,15,18). The summed E-state index contributed by atoms with van der Waals surface area (Å²) < 4.78 is 10.3. The molecule has 0 spiro atoms. The summed E-state index contributed by atoms with van der Waals surface area (Å²) in [5, 5.41) is 0. The summed E-state index contributed by atoms with van der Waals surface area (Å²) in [6.07, 6.45) is 0. The van der Waals surface area contributed by atoms with E-state index >= 15 is 0 Å². The van der Waals surface area contributed by atoms with Crippen LogP contribution in [-0.2, 0) is 9.59 Å². The molecule has 1 aromatic rings. The van der Waals surface area contributed by atoms with E-state index in [1.54, 1.807) is 0 Å². The smallest absolute Gasteiger partial charge is 0.257 e. The largest absolute Gasteiger partial charge is 0.454 e. The predicted molar refractivity (Wildman–Crippen MR) is 71.3 cm³/mol. The maximum absolute atomic E-state index is 12.4. The predicted octanol–water partition coefficient (Wildman–Crippen LogP) is -1.59. The van der Waals surface area contributed by atoms with Crippen LogP contribution in [-0.4, -0.2) is 42.5 Å². The molecular formula is C12H14N4O5. The normalized spacial score (nSPS) is 12.0. The second-order valence-electron chi connectivity index (χ2n) is 4.39. The van der Waals surface area contributed by atoms with E-state index in [2.05, 4.69) is 0 Å². The average molecular weight is 294 g/mol. The van der Waals surface area contributed by atoms with Crippen LogP contribution in [0.1, 0.15) is 10.4 Å². The van der Waals surface area contributed by atoms with Crippen molar-refractivity contribution in [3.05, 3.63) is 17.7 Å². The Balaban J connectivity index is 2.31. The van der Waals surface area contributed by atoms with E-state index in [4.69, 9.17) is 26.7 Å². The maximum atomic E-state index is 12.4. The van der Waals surface area contributed by atoms with Crippen molar-refractivity contribution in [2.24, 2.45) is 11.5 Å². The molecule has 0 atom stereocenters. The van der Waals surface area contributed by atoms with Crippen LogP contribution >= 0.6 is 0 Å². The first-order chi connectivity index (χ1) is 9.88. The number of nitrogen functional groups attached to an aromatic ring is 1. The minimum Gasteiger partial charge on any atom is -0.454 e. The van der Waals surface area contributed by atoms with Crippen molar-refractivity contribution in [2.75, 3.05) is 25.6 Å². The zero-order valence-corrected chi connectivity index (χ0v) is 11.0. The second-order valence-corrected chi connectivity index (χ2v) is 4.39. The van der Waals surface area contributed by atoms with Gasteiger partial charge in [-0.05, 0) is 6.07 Å². The molecule has 0 aliphatic carbocycles. The number of hydrogen-bond donors (Lipinski definition) is 3. The first kappa shape index (κ1) is 14.4. The molecule has 0 fully saturated rings.